The van der Waals surface area contributed by atoms with Gasteiger partial charge in [0.2, 0.25) is 0 Å². The summed E-state index contributed by atoms with van der Waals surface area (Å²) in [5.41, 5.74) is 1.38. The summed E-state index contributed by atoms with van der Waals surface area (Å²) in [5, 5.41) is 11.7. The Morgan fingerprint density at radius 1 is 1.19 bits per heavy atom. The maximum absolute atomic E-state index is 9.19. The highest BCUT2D eigenvalue weighted by molar-refractivity contribution is 5.84. The molecule has 1 atom stereocenters. The fraction of sp³-hybridized carbons (Fsp3) is 0.444. The lowest BCUT2D eigenvalue weighted by atomic mass is 10.0. The molecule has 1 aliphatic rings. The molecule has 1 heterocycles. The highest BCUT2D eigenvalue weighted by Gasteiger charge is 2.20. The van der Waals surface area contributed by atoms with Crippen molar-refractivity contribution in [3.63, 3.8) is 0 Å². The first-order valence-electron chi connectivity index (χ1n) is 7.68. The van der Waals surface area contributed by atoms with Crippen molar-refractivity contribution in [2.24, 2.45) is 5.92 Å². The van der Waals surface area contributed by atoms with Gasteiger partial charge in [-0.05, 0) is 53.8 Å². The Bertz CT molecular complexity index is 611. The SMILES string of the molecule is COc1ccc2cc(CCN3CCC(CO)C3)ccc2c1. The van der Waals surface area contributed by atoms with Crippen LogP contribution in [0.25, 0.3) is 10.8 Å². The van der Waals surface area contributed by atoms with Crippen molar-refractivity contribution in [2.75, 3.05) is 33.4 Å². The molecule has 0 radical (unpaired) electrons. The number of hydrogen-bond donors (Lipinski definition) is 1. The van der Waals surface area contributed by atoms with E-state index >= 15 is 0 Å². The topological polar surface area (TPSA) is 32.7 Å². The second-order valence-corrected chi connectivity index (χ2v) is 5.94. The van der Waals surface area contributed by atoms with Gasteiger partial charge in [-0.25, -0.2) is 0 Å². The molecule has 0 aromatic heterocycles. The van der Waals surface area contributed by atoms with Gasteiger partial charge in [-0.1, -0.05) is 24.3 Å². The number of aliphatic hydroxyl groups is 1. The third kappa shape index (κ3) is 3.36. The zero-order valence-corrected chi connectivity index (χ0v) is 12.6. The lowest BCUT2D eigenvalue weighted by Gasteiger charge is -2.15. The van der Waals surface area contributed by atoms with Gasteiger partial charge in [0.25, 0.3) is 0 Å². The number of hydrogen-bond acceptors (Lipinski definition) is 3. The highest BCUT2D eigenvalue weighted by atomic mass is 16.5. The van der Waals surface area contributed by atoms with Crippen molar-refractivity contribution in [2.45, 2.75) is 12.8 Å². The first kappa shape index (κ1) is 14.4. The summed E-state index contributed by atoms with van der Waals surface area (Å²) >= 11 is 0. The van der Waals surface area contributed by atoms with Crippen molar-refractivity contribution in [3.8, 4) is 5.75 Å². The molecule has 3 heteroatoms. The third-order valence-corrected chi connectivity index (χ3v) is 4.46. The summed E-state index contributed by atoms with van der Waals surface area (Å²) in [7, 11) is 1.70. The summed E-state index contributed by atoms with van der Waals surface area (Å²) < 4.78 is 5.26. The second kappa shape index (κ2) is 6.46. The first-order chi connectivity index (χ1) is 10.3. The molecule has 112 valence electrons. The number of ether oxygens (including phenoxy) is 1. The van der Waals surface area contributed by atoms with E-state index in [-0.39, 0.29) is 0 Å². The van der Waals surface area contributed by atoms with Crippen LogP contribution in [-0.4, -0.2) is 43.4 Å². The summed E-state index contributed by atoms with van der Waals surface area (Å²) in [6.45, 7) is 3.57. The minimum absolute atomic E-state index is 0.328. The smallest absolute Gasteiger partial charge is 0.119 e. The fourth-order valence-electron chi connectivity index (χ4n) is 3.11. The van der Waals surface area contributed by atoms with Crippen LogP contribution in [0, 0.1) is 5.92 Å². The van der Waals surface area contributed by atoms with E-state index < -0.39 is 0 Å². The van der Waals surface area contributed by atoms with E-state index in [9.17, 15) is 5.11 Å². The average molecular weight is 285 g/mol. The Morgan fingerprint density at radius 2 is 2.00 bits per heavy atom. The maximum Gasteiger partial charge on any atom is 0.119 e. The predicted octanol–water partition coefficient (Wildman–Crippen LogP) is 2.71. The van der Waals surface area contributed by atoms with E-state index in [2.05, 4.69) is 35.2 Å². The zero-order chi connectivity index (χ0) is 14.7. The molecule has 0 bridgehead atoms. The minimum atomic E-state index is 0.328. The van der Waals surface area contributed by atoms with E-state index in [0.717, 1.165) is 38.2 Å². The van der Waals surface area contributed by atoms with Gasteiger partial charge in [-0.3, -0.25) is 0 Å². The van der Waals surface area contributed by atoms with E-state index in [1.165, 1.54) is 16.3 Å². The third-order valence-electron chi connectivity index (χ3n) is 4.46. The molecule has 1 saturated heterocycles. The Balaban J connectivity index is 1.65. The number of aliphatic hydroxyl groups excluding tert-OH is 1. The van der Waals surface area contributed by atoms with Crippen LogP contribution in [0.1, 0.15) is 12.0 Å². The Hall–Kier alpha value is -1.58. The van der Waals surface area contributed by atoms with Gasteiger partial charge in [0.1, 0.15) is 5.75 Å². The second-order valence-electron chi connectivity index (χ2n) is 5.94. The average Bonchev–Trinajstić information content (AvgIpc) is 3.00. The Kier molecular flexibility index (Phi) is 4.42. The summed E-state index contributed by atoms with van der Waals surface area (Å²) in [4.78, 5) is 2.46. The number of benzene rings is 2. The van der Waals surface area contributed by atoms with Gasteiger partial charge in [0, 0.05) is 19.7 Å². The molecule has 0 spiro atoms. The van der Waals surface area contributed by atoms with Gasteiger partial charge in [-0.15, -0.1) is 0 Å². The minimum Gasteiger partial charge on any atom is -0.497 e. The van der Waals surface area contributed by atoms with Crippen molar-refractivity contribution < 1.29 is 9.84 Å². The zero-order valence-electron chi connectivity index (χ0n) is 12.6. The molecule has 0 amide bonds. The van der Waals surface area contributed by atoms with Crippen molar-refractivity contribution in [3.05, 3.63) is 42.0 Å². The molecule has 1 N–H and O–H groups in total. The van der Waals surface area contributed by atoms with Crippen molar-refractivity contribution in [1.29, 1.82) is 0 Å². The number of likely N-dealkylation sites (tertiary alicyclic amines) is 1. The Labute approximate surface area is 126 Å². The van der Waals surface area contributed by atoms with Crippen LogP contribution in [0.4, 0.5) is 0 Å². The number of rotatable bonds is 5. The van der Waals surface area contributed by atoms with Gasteiger partial charge < -0.3 is 14.7 Å². The normalized spacial score (nSPS) is 19.2. The molecule has 3 nitrogen and oxygen atoms in total. The number of methoxy groups -OCH3 is 1. The van der Waals surface area contributed by atoms with Crippen LogP contribution in [0.5, 0.6) is 5.75 Å². The molecule has 0 aliphatic carbocycles. The summed E-state index contributed by atoms with van der Waals surface area (Å²) in [5.74, 6) is 1.39. The molecule has 3 rings (SSSR count). The lowest BCUT2D eigenvalue weighted by molar-refractivity contribution is 0.222. The Morgan fingerprint density at radius 3 is 2.76 bits per heavy atom. The molecule has 1 aliphatic heterocycles. The van der Waals surface area contributed by atoms with Gasteiger partial charge in [0.05, 0.1) is 7.11 Å². The predicted molar refractivity (Wildman–Crippen MR) is 85.8 cm³/mol. The lowest BCUT2D eigenvalue weighted by Crippen LogP contribution is -2.24. The highest BCUT2D eigenvalue weighted by Crippen LogP contribution is 2.22. The van der Waals surface area contributed by atoms with Gasteiger partial charge >= 0.3 is 0 Å². The molecule has 0 saturated carbocycles. The van der Waals surface area contributed by atoms with E-state index in [4.69, 9.17) is 4.74 Å². The molecule has 1 unspecified atom stereocenters. The monoisotopic (exact) mass is 285 g/mol. The van der Waals surface area contributed by atoms with E-state index in [0.29, 0.717) is 12.5 Å². The molecular weight excluding hydrogens is 262 g/mol. The standard InChI is InChI=1S/C18H23NO2/c1-21-18-5-4-16-10-14(2-3-17(16)11-18)6-8-19-9-7-15(12-19)13-20/h2-5,10-11,15,20H,6-9,12-13H2,1H3. The van der Waals surface area contributed by atoms with Crippen LogP contribution in [-0.2, 0) is 6.42 Å². The van der Waals surface area contributed by atoms with Crippen LogP contribution >= 0.6 is 0 Å². The maximum atomic E-state index is 9.19. The van der Waals surface area contributed by atoms with Crippen molar-refractivity contribution >= 4 is 10.8 Å². The molecular formula is C18H23NO2. The summed E-state index contributed by atoms with van der Waals surface area (Å²) in [6.07, 6.45) is 2.20. The van der Waals surface area contributed by atoms with Crippen LogP contribution in [0.15, 0.2) is 36.4 Å². The van der Waals surface area contributed by atoms with Crippen LogP contribution < -0.4 is 4.74 Å². The molecule has 2 aromatic carbocycles. The molecule has 1 fully saturated rings. The van der Waals surface area contributed by atoms with Crippen LogP contribution in [0.3, 0.4) is 0 Å². The summed E-state index contributed by atoms with van der Waals surface area (Å²) in [6, 6.07) is 12.9. The van der Waals surface area contributed by atoms with E-state index in [1.54, 1.807) is 7.11 Å². The van der Waals surface area contributed by atoms with Crippen LogP contribution in [0.2, 0.25) is 0 Å². The fourth-order valence-corrected chi connectivity index (χ4v) is 3.11. The number of nitrogens with zero attached hydrogens (tertiary/aromatic N) is 1. The van der Waals surface area contributed by atoms with Gasteiger partial charge in [-0.2, -0.15) is 0 Å². The molecule has 21 heavy (non-hydrogen) atoms. The van der Waals surface area contributed by atoms with E-state index in [1.807, 2.05) is 6.07 Å². The van der Waals surface area contributed by atoms with Crippen molar-refractivity contribution in [1.82, 2.24) is 4.90 Å². The quantitative estimate of drug-likeness (QED) is 0.917. The largest absolute Gasteiger partial charge is 0.497 e. The van der Waals surface area contributed by atoms with Gasteiger partial charge in [0.15, 0.2) is 0 Å². The number of fused-ring (bicyclic) bond motifs is 1. The first-order valence-corrected chi connectivity index (χ1v) is 7.68. The molecule has 2 aromatic rings.